The van der Waals surface area contributed by atoms with Crippen molar-refractivity contribution in [1.82, 2.24) is 14.8 Å². The fourth-order valence-corrected chi connectivity index (χ4v) is 5.03. The Kier molecular flexibility index (Phi) is 8.17. The minimum Gasteiger partial charge on any atom is -0.353 e. The Hall–Kier alpha value is -2.55. The van der Waals surface area contributed by atoms with Crippen molar-refractivity contribution < 1.29 is 9.59 Å². The normalized spacial score (nSPS) is 20.3. The van der Waals surface area contributed by atoms with Crippen LogP contribution in [0.2, 0.25) is 0 Å². The van der Waals surface area contributed by atoms with E-state index in [2.05, 4.69) is 36.7 Å². The molecular formula is C26H38N4O2. The van der Waals surface area contributed by atoms with Gasteiger partial charge in [-0.2, -0.15) is 5.26 Å². The first-order chi connectivity index (χ1) is 15.3. The van der Waals surface area contributed by atoms with Crippen LogP contribution in [0, 0.1) is 37.0 Å². The van der Waals surface area contributed by atoms with Crippen LogP contribution in [0.5, 0.6) is 0 Å². The molecule has 1 saturated heterocycles. The molecule has 1 aliphatic heterocycles. The Morgan fingerprint density at radius 1 is 1.19 bits per heavy atom. The van der Waals surface area contributed by atoms with Crippen molar-refractivity contribution in [2.24, 2.45) is 11.8 Å². The molecule has 1 aromatic heterocycles. The van der Waals surface area contributed by atoms with E-state index in [-0.39, 0.29) is 29.3 Å². The molecular weight excluding hydrogens is 400 g/mol. The summed E-state index contributed by atoms with van der Waals surface area (Å²) < 4.78 is 2.24. The number of carbonyl (C=O) groups excluding carboxylic acids is 2. The zero-order valence-corrected chi connectivity index (χ0v) is 20.1. The number of nitriles is 1. The maximum atomic E-state index is 13.2. The lowest BCUT2D eigenvalue weighted by molar-refractivity contribution is -0.132. The highest BCUT2D eigenvalue weighted by Gasteiger charge is 2.31. The summed E-state index contributed by atoms with van der Waals surface area (Å²) >= 11 is 0. The predicted molar refractivity (Wildman–Crippen MR) is 127 cm³/mol. The standard InChI is InChI=1S/C26H38N4O2/c1-18(2)16-30-19(3)13-22(20(30)4)14-23(15-27)26(32)29-12-8-9-21(17-29)25(31)28-24-10-6-5-7-11-24/h13-14,18,21,24H,5-12,16-17H2,1-4H3,(H,28,31)/b23-14-/t21-/m0/s1. The third-order valence-electron chi connectivity index (χ3n) is 6.84. The van der Waals surface area contributed by atoms with Crippen LogP contribution in [-0.4, -0.2) is 40.4 Å². The number of carbonyl (C=O) groups is 2. The van der Waals surface area contributed by atoms with Gasteiger partial charge in [0.15, 0.2) is 0 Å². The minimum absolute atomic E-state index is 0.0640. The number of piperidine rings is 1. The van der Waals surface area contributed by atoms with E-state index in [4.69, 9.17) is 0 Å². The Balaban J connectivity index is 1.69. The molecule has 2 fully saturated rings. The number of nitrogens with zero attached hydrogens (tertiary/aromatic N) is 3. The zero-order chi connectivity index (χ0) is 23.3. The van der Waals surface area contributed by atoms with Gasteiger partial charge in [0.25, 0.3) is 5.91 Å². The maximum absolute atomic E-state index is 13.2. The van der Waals surface area contributed by atoms with Gasteiger partial charge in [0.1, 0.15) is 11.6 Å². The van der Waals surface area contributed by atoms with Crippen molar-refractivity contribution in [1.29, 1.82) is 5.26 Å². The second-order valence-electron chi connectivity index (χ2n) is 9.93. The van der Waals surface area contributed by atoms with Crippen molar-refractivity contribution in [2.45, 2.75) is 85.2 Å². The monoisotopic (exact) mass is 438 g/mol. The minimum atomic E-state index is -0.267. The van der Waals surface area contributed by atoms with E-state index >= 15 is 0 Å². The third-order valence-corrected chi connectivity index (χ3v) is 6.84. The van der Waals surface area contributed by atoms with Gasteiger partial charge in [-0.1, -0.05) is 33.1 Å². The van der Waals surface area contributed by atoms with E-state index in [0.717, 1.165) is 49.2 Å². The molecule has 2 aliphatic rings. The van der Waals surface area contributed by atoms with Crippen LogP contribution >= 0.6 is 0 Å². The summed E-state index contributed by atoms with van der Waals surface area (Å²) in [5, 5.41) is 12.9. The van der Waals surface area contributed by atoms with Crippen molar-refractivity contribution >= 4 is 17.9 Å². The summed E-state index contributed by atoms with van der Waals surface area (Å²) in [7, 11) is 0. The molecule has 2 heterocycles. The Labute approximate surface area is 192 Å². The van der Waals surface area contributed by atoms with Gasteiger partial charge in [-0.05, 0) is 63.2 Å². The molecule has 1 N–H and O–H groups in total. The van der Waals surface area contributed by atoms with Crippen molar-refractivity contribution in [2.75, 3.05) is 13.1 Å². The number of nitrogens with one attached hydrogen (secondary N) is 1. The van der Waals surface area contributed by atoms with Gasteiger partial charge in [0.2, 0.25) is 5.91 Å². The van der Waals surface area contributed by atoms with Crippen LogP contribution < -0.4 is 5.32 Å². The number of likely N-dealkylation sites (tertiary alicyclic amines) is 1. The fourth-order valence-electron chi connectivity index (χ4n) is 5.03. The molecule has 3 rings (SSSR count). The first-order valence-corrected chi connectivity index (χ1v) is 12.2. The summed E-state index contributed by atoms with van der Waals surface area (Å²) in [4.78, 5) is 27.7. The molecule has 0 radical (unpaired) electrons. The van der Waals surface area contributed by atoms with E-state index in [9.17, 15) is 14.9 Å². The Bertz CT molecular complexity index is 900. The van der Waals surface area contributed by atoms with Crippen molar-refractivity contribution in [3.8, 4) is 6.07 Å². The van der Waals surface area contributed by atoms with Crippen LogP contribution in [0.25, 0.3) is 6.08 Å². The molecule has 1 aromatic rings. The summed E-state index contributed by atoms with van der Waals surface area (Å²) in [6.07, 6.45) is 9.01. The quantitative estimate of drug-likeness (QED) is 0.530. The van der Waals surface area contributed by atoms with Crippen molar-refractivity contribution in [3.63, 3.8) is 0 Å². The average molecular weight is 439 g/mol. The average Bonchev–Trinajstić information content (AvgIpc) is 3.04. The Morgan fingerprint density at radius 3 is 2.56 bits per heavy atom. The molecule has 6 heteroatoms. The second-order valence-corrected chi connectivity index (χ2v) is 9.93. The molecule has 32 heavy (non-hydrogen) atoms. The largest absolute Gasteiger partial charge is 0.353 e. The highest BCUT2D eigenvalue weighted by atomic mass is 16.2. The number of aromatic nitrogens is 1. The molecule has 6 nitrogen and oxygen atoms in total. The molecule has 0 bridgehead atoms. The number of hydrogen-bond acceptors (Lipinski definition) is 3. The first kappa shape index (κ1) is 24.1. The lowest BCUT2D eigenvalue weighted by atomic mass is 9.92. The van der Waals surface area contributed by atoms with Crippen LogP contribution in [0.15, 0.2) is 11.6 Å². The lowest BCUT2D eigenvalue weighted by Crippen LogP contribution is -2.48. The lowest BCUT2D eigenvalue weighted by Gasteiger charge is -2.33. The number of rotatable bonds is 6. The van der Waals surface area contributed by atoms with Gasteiger partial charge < -0.3 is 14.8 Å². The van der Waals surface area contributed by atoms with Gasteiger partial charge in [0.05, 0.1) is 5.92 Å². The van der Waals surface area contributed by atoms with Crippen LogP contribution in [-0.2, 0) is 16.1 Å². The molecule has 174 valence electrons. The molecule has 0 spiro atoms. The van der Waals surface area contributed by atoms with E-state index in [1.165, 1.54) is 19.3 Å². The zero-order valence-electron chi connectivity index (χ0n) is 20.1. The van der Waals surface area contributed by atoms with Gasteiger partial charge in [-0.25, -0.2) is 0 Å². The van der Waals surface area contributed by atoms with Crippen LogP contribution in [0.1, 0.15) is 75.7 Å². The topological polar surface area (TPSA) is 78.1 Å². The molecule has 1 atom stereocenters. The summed E-state index contributed by atoms with van der Waals surface area (Å²) in [6.45, 7) is 10.3. The SMILES string of the molecule is Cc1cc(/C=C(/C#N)C(=O)N2CCC[C@H](C(=O)NC3CCCCC3)C2)c(C)n1CC(C)C. The molecule has 0 unspecified atom stereocenters. The fraction of sp³-hybridized carbons (Fsp3) is 0.654. The third kappa shape index (κ3) is 5.82. The Morgan fingerprint density at radius 2 is 1.91 bits per heavy atom. The molecule has 1 saturated carbocycles. The highest BCUT2D eigenvalue weighted by molar-refractivity contribution is 6.02. The molecule has 1 aliphatic carbocycles. The number of aryl methyl sites for hydroxylation is 1. The van der Waals surface area contributed by atoms with Crippen molar-refractivity contribution in [3.05, 3.63) is 28.6 Å². The van der Waals surface area contributed by atoms with E-state index in [1.54, 1.807) is 11.0 Å². The summed E-state index contributed by atoms with van der Waals surface area (Å²) in [6, 6.07) is 4.43. The first-order valence-electron chi connectivity index (χ1n) is 12.2. The van der Waals surface area contributed by atoms with Gasteiger partial charge in [0, 0.05) is 37.1 Å². The molecule has 0 aromatic carbocycles. The smallest absolute Gasteiger partial charge is 0.264 e. The van der Waals surface area contributed by atoms with Gasteiger partial charge in [-0.15, -0.1) is 0 Å². The number of amides is 2. The predicted octanol–water partition coefficient (Wildman–Crippen LogP) is 4.36. The maximum Gasteiger partial charge on any atom is 0.264 e. The molecule has 2 amide bonds. The van der Waals surface area contributed by atoms with Crippen LogP contribution in [0.4, 0.5) is 0 Å². The van der Waals surface area contributed by atoms with E-state index in [1.807, 2.05) is 13.0 Å². The summed E-state index contributed by atoms with van der Waals surface area (Å²) in [5.41, 5.74) is 3.25. The van der Waals surface area contributed by atoms with E-state index in [0.29, 0.717) is 19.0 Å². The van der Waals surface area contributed by atoms with E-state index < -0.39 is 0 Å². The second kappa shape index (κ2) is 10.8. The number of hydrogen-bond donors (Lipinski definition) is 1. The van der Waals surface area contributed by atoms with Gasteiger partial charge in [-0.3, -0.25) is 9.59 Å². The highest BCUT2D eigenvalue weighted by Crippen LogP contribution is 2.24. The summed E-state index contributed by atoms with van der Waals surface area (Å²) in [5.74, 6) is 0.120. The van der Waals surface area contributed by atoms with Gasteiger partial charge >= 0.3 is 0 Å². The van der Waals surface area contributed by atoms with Crippen LogP contribution in [0.3, 0.4) is 0 Å².